The van der Waals surface area contributed by atoms with Crippen LogP contribution in [0.1, 0.15) is 46.1 Å². The molecule has 6 nitrogen and oxygen atoms in total. The zero-order chi connectivity index (χ0) is 21.4. The smallest absolute Gasteiger partial charge is 0.341 e. The number of carbonyl (C=O) groups excluding carboxylic acids is 2. The number of esters is 1. The first-order chi connectivity index (χ1) is 13.8. The van der Waals surface area contributed by atoms with Crippen molar-refractivity contribution < 1.29 is 19.1 Å². The molecule has 156 valence electrons. The van der Waals surface area contributed by atoms with E-state index >= 15 is 0 Å². The number of anilines is 1. The molecule has 29 heavy (non-hydrogen) atoms. The molecule has 0 saturated carbocycles. The minimum absolute atomic E-state index is 0.154. The van der Waals surface area contributed by atoms with Crippen LogP contribution in [0.15, 0.2) is 24.3 Å². The van der Waals surface area contributed by atoms with E-state index in [9.17, 15) is 9.59 Å². The summed E-state index contributed by atoms with van der Waals surface area (Å²) in [5, 5.41) is 6.32. The SMILES string of the molecule is CCOC(=O)c1c(NC(=S)NC(=O)CCCOc2ccc(C)cc2)sc(C)c1C. The summed E-state index contributed by atoms with van der Waals surface area (Å²) < 4.78 is 10.7. The van der Waals surface area contributed by atoms with Gasteiger partial charge in [-0.3, -0.25) is 4.79 Å². The van der Waals surface area contributed by atoms with E-state index in [1.54, 1.807) is 6.92 Å². The zero-order valence-electron chi connectivity index (χ0n) is 17.1. The highest BCUT2D eigenvalue weighted by atomic mass is 32.1. The molecular weight excluding hydrogens is 408 g/mol. The van der Waals surface area contributed by atoms with Crippen LogP contribution in [0.2, 0.25) is 0 Å². The molecule has 0 spiro atoms. The summed E-state index contributed by atoms with van der Waals surface area (Å²) in [5.74, 6) is 0.167. The van der Waals surface area contributed by atoms with Crippen LogP contribution in [0.4, 0.5) is 5.00 Å². The fourth-order valence-corrected chi connectivity index (χ4v) is 3.88. The third kappa shape index (κ3) is 6.83. The minimum atomic E-state index is -0.403. The van der Waals surface area contributed by atoms with E-state index < -0.39 is 5.97 Å². The maximum atomic E-state index is 12.2. The van der Waals surface area contributed by atoms with Gasteiger partial charge in [0.1, 0.15) is 10.8 Å². The normalized spacial score (nSPS) is 10.3. The Morgan fingerprint density at radius 2 is 1.83 bits per heavy atom. The average molecular weight is 435 g/mol. The first-order valence-corrected chi connectivity index (χ1v) is 10.6. The third-order valence-corrected chi connectivity index (χ3v) is 5.51. The molecule has 0 aliphatic carbocycles. The molecule has 2 rings (SSSR count). The Labute approximate surface area is 180 Å². The van der Waals surface area contributed by atoms with Crippen molar-refractivity contribution >= 4 is 45.5 Å². The number of amides is 1. The van der Waals surface area contributed by atoms with Gasteiger partial charge in [-0.1, -0.05) is 17.7 Å². The quantitative estimate of drug-likeness (QED) is 0.361. The van der Waals surface area contributed by atoms with E-state index in [0.29, 0.717) is 30.2 Å². The van der Waals surface area contributed by atoms with Gasteiger partial charge < -0.3 is 20.1 Å². The van der Waals surface area contributed by atoms with E-state index in [1.165, 1.54) is 16.9 Å². The Kier molecular flexibility index (Phi) is 8.60. The van der Waals surface area contributed by atoms with Crippen molar-refractivity contribution in [3.8, 4) is 5.75 Å². The van der Waals surface area contributed by atoms with Crippen molar-refractivity contribution in [3.63, 3.8) is 0 Å². The van der Waals surface area contributed by atoms with Gasteiger partial charge in [0.05, 0.1) is 18.8 Å². The van der Waals surface area contributed by atoms with E-state index in [4.69, 9.17) is 21.7 Å². The van der Waals surface area contributed by atoms with Gasteiger partial charge in [-0.05, 0) is 64.0 Å². The van der Waals surface area contributed by atoms with Gasteiger partial charge >= 0.3 is 5.97 Å². The van der Waals surface area contributed by atoms with Gasteiger partial charge in [0.15, 0.2) is 5.11 Å². The number of hydrogen-bond donors (Lipinski definition) is 2. The largest absolute Gasteiger partial charge is 0.494 e. The fraction of sp³-hybridized carbons (Fsp3) is 0.381. The number of nitrogens with one attached hydrogen (secondary N) is 2. The molecule has 2 aromatic rings. The number of hydrogen-bond acceptors (Lipinski definition) is 6. The average Bonchev–Trinajstić information content (AvgIpc) is 2.93. The molecule has 0 fully saturated rings. The van der Waals surface area contributed by atoms with Gasteiger partial charge in [0, 0.05) is 11.3 Å². The summed E-state index contributed by atoms with van der Waals surface area (Å²) in [6, 6.07) is 7.76. The van der Waals surface area contributed by atoms with Gasteiger partial charge in [-0.15, -0.1) is 11.3 Å². The summed E-state index contributed by atoms with van der Waals surface area (Å²) in [6.07, 6.45) is 0.842. The first-order valence-electron chi connectivity index (χ1n) is 9.39. The Hall–Kier alpha value is -2.45. The number of rotatable bonds is 8. The van der Waals surface area contributed by atoms with Gasteiger partial charge in [-0.2, -0.15) is 0 Å². The standard InChI is InChI=1S/C21H26N2O4S2/c1-5-26-20(25)18-14(3)15(4)29-19(18)23-21(28)22-17(24)7-6-12-27-16-10-8-13(2)9-11-16/h8-11H,5-7,12H2,1-4H3,(H2,22,23,24,28). The second kappa shape index (κ2) is 10.9. The van der Waals surface area contributed by atoms with Crippen molar-refractivity contribution in [2.45, 2.75) is 40.5 Å². The fourth-order valence-electron chi connectivity index (χ4n) is 2.54. The minimum Gasteiger partial charge on any atom is -0.494 e. The van der Waals surface area contributed by atoms with Crippen molar-refractivity contribution in [1.29, 1.82) is 0 Å². The van der Waals surface area contributed by atoms with Crippen LogP contribution in [0, 0.1) is 20.8 Å². The van der Waals surface area contributed by atoms with Crippen LogP contribution in [-0.2, 0) is 9.53 Å². The second-order valence-corrected chi connectivity index (χ2v) is 8.11. The molecule has 1 heterocycles. The molecule has 0 aliphatic rings. The van der Waals surface area contributed by atoms with Crippen LogP contribution >= 0.6 is 23.6 Å². The van der Waals surface area contributed by atoms with Gasteiger partial charge in [-0.25, -0.2) is 4.79 Å². The molecule has 1 aromatic carbocycles. The van der Waals surface area contributed by atoms with E-state index in [-0.39, 0.29) is 17.4 Å². The topological polar surface area (TPSA) is 76.7 Å². The molecule has 1 amide bonds. The maximum absolute atomic E-state index is 12.2. The van der Waals surface area contributed by atoms with Crippen LogP contribution in [0.5, 0.6) is 5.75 Å². The lowest BCUT2D eigenvalue weighted by Gasteiger charge is -2.10. The molecule has 0 bridgehead atoms. The lowest BCUT2D eigenvalue weighted by Crippen LogP contribution is -2.34. The van der Waals surface area contributed by atoms with Gasteiger partial charge in [0.2, 0.25) is 5.91 Å². The number of thiocarbonyl (C=S) groups is 1. The van der Waals surface area contributed by atoms with Crippen LogP contribution < -0.4 is 15.4 Å². The summed E-state index contributed by atoms with van der Waals surface area (Å²) >= 11 is 6.62. The highest BCUT2D eigenvalue weighted by Crippen LogP contribution is 2.33. The lowest BCUT2D eigenvalue weighted by atomic mass is 10.1. The summed E-state index contributed by atoms with van der Waals surface area (Å²) in [5.41, 5.74) is 2.47. The number of ether oxygens (including phenoxy) is 2. The van der Waals surface area contributed by atoms with E-state index in [1.807, 2.05) is 45.0 Å². The van der Waals surface area contributed by atoms with Crippen molar-refractivity contribution in [3.05, 3.63) is 45.8 Å². The first kappa shape index (κ1) is 22.8. The van der Waals surface area contributed by atoms with E-state index in [0.717, 1.165) is 16.2 Å². The number of carbonyl (C=O) groups is 2. The Bertz CT molecular complexity index is 876. The number of benzene rings is 1. The molecule has 0 aliphatic heterocycles. The molecule has 1 aromatic heterocycles. The zero-order valence-corrected chi connectivity index (χ0v) is 18.7. The molecule has 2 N–H and O–H groups in total. The molecule has 0 unspecified atom stereocenters. The van der Waals surface area contributed by atoms with Gasteiger partial charge in [0.25, 0.3) is 0 Å². The van der Waals surface area contributed by atoms with Crippen molar-refractivity contribution in [1.82, 2.24) is 5.32 Å². The molecule has 0 atom stereocenters. The monoisotopic (exact) mass is 434 g/mol. The summed E-state index contributed by atoms with van der Waals surface area (Å²) in [4.78, 5) is 25.3. The van der Waals surface area contributed by atoms with Crippen molar-refractivity contribution in [2.24, 2.45) is 0 Å². The number of aryl methyl sites for hydroxylation is 2. The molecule has 0 saturated heterocycles. The molecule has 0 radical (unpaired) electrons. The summed E-state index contributed by atoms with van der Waals surface area (Å²) in [7, 11) is 0. The third-order valence-electron chi connectivity index (χ3n) is 4.18. The predicted molar refractivity (Wildman–Crippen MR) is 120 cm³/mol. The lowest BCUT2D eigenvalue weighted by molar-refractivity contribution is -0.119. The van der Waals surface area contributed by atoms with Crippen LogP contribution in [-0.4, -0.2) is 30.2 Å². The maximum Gasteiger partial charge on any atom is 0.341 e. The molecular formula is C21H26N2O4S2. The number of thiophene rings is 1. The highest BCUT2D eigenvalue weighted by molar-refractivity contribution is 7.80. The Balaban J connectivity index is 1.81. The van der Waals surface area contributed by atoms with E-state index in [2.05, 4.69) is 10.6 Å². The Morgan fingerprint density at radius 3 is 2.48 bits per heavy atom. The summed E-state index contributed by atoms with van der Waals surface area (Å²) in [6.45, 7) is 8.28. The molecule has 8 heteroatoms. The Morgan fingerprint density at radius 1 is 1.14 bits per heavy atom. The second-order valence-electron chi connectivity index (χ2n) is 6.48. The van der Waals surface area contributed by atoms with Crippen molar-refractivity contribution in [2.75, 3.05) is 18.5 Å². The highest BCUT2D eigenvalue weighted by Gasteiger charge is 2.21. The van der Waals surface area contributed by atoms with Crippen LogP contribution in [0.3, 0.4) is 0 Å². The predicted octanol–water partition coefficient (Wildman–Crippen LogP) is 4.52. The van der Waals surface area contributed by atoms with Crippen LogP contribution in [0.25, 0.3) is 0 Å².